The minimum absolute atomic E-state index is 0.0189. The van der Waals surface area contributed by atoms with E-state index in [2.05, 4.69) is 43.3 Å². The van der Waals surface area contributed by atoms with Crippen LogP contribution in [0.15, 0.2) is 101 Å². The van der Waals surface area contributed by atoms with Crippen LogP contribution in [0.2, 0.25) is 0 Å². The highest BCUT2D eigenvalue weighted by molar-refractivity contribution is 6.57. The lowest BCUT2D eigenvalue weighted by atomic mass is 9.72. The van der Waals surface area contributed by atoms with Gasteiger partial charge in [-0.2, -0.15) is 0 Å². The Balaban J connectivity index is 1.64. The highest BCUT2D eigenvalue weighted by Gasteiger charge is 2.40. The molecule has 0 bridgehead atoms. The molecule has 1 aliphatic carbocycles. The number of aliphatic imine (C=N–C) groups is 2. The normalized spacial score (nSPS) is 18.2. The summed E-state index contributed by atoms with van der Waals surface area (Å²) in [4.78, 5) is 24.2. The zero-order chi connectivity index (χ0) is 26.5. The van der Waals surface area contributed by atoms with Crippen LogP contribution in [-0.2, 0) is 12.8 Å². The number of aliphatic hydroxyl groups excluding tert-OH is 1. The van der Waals surface area contributed by atoms with Crippen LogP contribution in [0.1, 0.15) is 39.5 Å². The van der Waals surface area contributed by atoms with E-state index in [1.807, 2.05) is 61.5 Å². The molecule has 0 spiro atoms. The van der Waals surface area contributed by atoms with E-state index in [-0.39, 0.29) is 18.3 Å². The molecule has 0 heterocycles. The van der Waals surface area contributed by atoms with Gasteiger partial charge in [-0.1, -0.05) is 97.9 Å². The fraction of sp³-hybridized carbons (Fsp3) is 0.265. The van der Waals surface area contributed by atoms with Crippen LogP contribution in [0, 0.1) is 18.8 Å². The molecule has 0 amide bonds. The van der Waals surface area contributed by atoms with Gasteiger partial charge in [-0.25, -0.2) is 0 Å². The number of Topliss-reactive ketones (excluding diaryl/α,β-unsaturated/α-hetero) is 1. The molecule has 4 nitrogen and oxygen atoms in total. The Labute approximate surface area is 224 Å². The molecule has 5 rings (SSSR count). The van der Waals surface area contributed by atoms with E-state index in [9.17, 15) is 9.90 Å². The molecule has 0 saturated heterocycles. The van der Waals surface area contributed by atoms with Crippen LogP contribution < -0.4 is 0 Å². The fourth-order valence-electron chi connectivity index (χ4n) is 5.40. The predicted octanol–water partition coefficient (Wildman–Crippen LogP) is 6.30. The molecule has 0 saturated carbocycles. The van der Waals surface area contributed by atoms with E-state index < -0.39 is 5.92 Å². The molecule has 1 N–H and O–H groups in total. The molecule has 4 aromatic rings. The summed E-state index contributed by atoms with van der Waals surface area (Å²) in [5, 5.41) is 12.3. The Morgan fingerprint density at radius 2 is 1.39 bits per heavy atom. The van der Waals surface area contributed by atoms with Crippen LogP contribution in [0.5, 0.6) is 0 Å². The summed E-state index contributed by atoms with van der Waals surface area (Å²) < 4.78 is 0. The number of fused-ring (bicyclic) bond motifs is 3. The van der Waals surface area contributed by atoms with Crippen molar-refractivity contribution in [3.8, 4) is 0 Å². The number of aryl methyl sites for hydroxylation is 1. The maximum Gasteiger partial charge on any atom is 0.173 e. The molecular formula is C34H34N2O2. The third-order valence-corrected chi connectivity index (χ3v) is 7.50. The number of carbonyl (C=O) groups is 1. The Hall–Kier alpha value is -3.89. The molecule has 0 aliphatic heterocycles. The van der Waals surface area contributed by atoms with Gasteiger partial charge in [-0.05, 0) is 53.1 Å². The van der Waals surface area contributed by atoms with E-state index >= 15 is 0 Å². The van der Waals surface area contributed by atoms with Crippen molar-refractivity contribution in [1.82, 2.24) is 0 Å². The first-order valence-electron chi connectivity index (χ1n) is 13.4. The van der Waals surface area contributed by atoms with Gasteiger partial charge in [0.15, 0.2) is 5.78 Å². The number of rotatable bonds is 8. The third-order valence-electron chi connectivity index (χ3n) is 7.50. The van der Waals surface area contributed by atoms with Crippen molar-refractivity contribution in [2.75, 3.05) is 19.7 Å². The van der Waals surface area contributed by atoms with Gasteiger partial charge in [0, 0.05) is 30.8 Å². The molecule has 1 aliphatic rings. The average Bonchev–Trinajstić information content (AvgIpc) is 2.95. The second-order valence-electron chi connectivity index (χ2n) is 10.1. The van der Waals surface area contributed by atoms with Gasteiger partial charge in [0.1, 0.15) is 0 Å². The number of ketones is 1. The monoisotopic (exact) mass is 502 g/mol. The topological polar surface area (TPSA) is 62.0 Å². The van der Waals surface area contributed by atoms with Gasteiger partial charge in [-0.3, -0.25) is 14.8 Å². The molecule has 0 fully saturated rings. The van der Waals surface area contributed by atoms with Crippen LogP contribution in [0.25, 0.3) is 10.8 Å². The van der Waals surface area contributed by atoms with Crippen molar-refractivity contribution in [2.24, 2.45) is 21.8 Å². The van der Waals surface area contributed by atoms with E-state index in [1.54, 1.807) is 0 Å². The van der Waals surface area contributed by atoms with Gasteiger partial charge >= 0.3 is 0 Å². The SMILES string of the molecule is Cc1cccc2c3c(ccc12)C(=O)C(C(C)CO)C(=NCCc1ccccc1)C3=NCCc1ccccc1. The number of nitrogens with zero attached hydrogens (tertiary/aromatic N) is 2. The second-order valence-corrected chi connectivity index (χ2v) is 10.1. The Morgan fingerprint density at radius 1 is 0.763 bits per heavy atom. The van der Waals surface area contributed by atoms with Crippen LogP contribution >= 0.6 is 0 Å². The number of hydrogen-bond acceptors (Lipinski definition) is 4. The van der Waals surface area contributed by atoms with Crippen LogP contribution in [0.4, 0.5) is 0 Å². The van der Waals surface area contributed by atoms with Crippen LogP contribution in [0.3, 0.4) is 0 Å². The third kappa shape index (κ3) is 5.23. The molecule has 2 unspecified atom stereocenters. The summed E-state index contributed by atoms with van der Waals surface area (Å²) in [5.41, 5.74) is 6.65. The lowest BCUT2D eigenvalue weighted by Crippen LogP contribution is -2.42. The van der Waals surface area contributed by atoms with Crippen molar-refractivity contribution >= 4 is 28.0 Å². The predicted molar refractivity (Wildman–Crippen MR) is 157 cm³/mol. The molecule has 2 atom stereocenters. The first kappa shape index (κ1) is 25.7. The largest absolute Gasteiger partial charge is 0.396 e. The minimum atomic E-state index is -0.527. The van der Waals surface area contributed by atoms with Crippen molar-refractivity contribution in [1.29, 1.82) is 0 Å². The van der Waals surface area contributed by atoms with Crippen molar-refractivity contribution in [3.05, 3.63) is 119 Å². The van der Waals surface area contributed by atoms with Crippen molar-refractivity contribution in [3.63, 3.8) is 0 Å². The highest BCUT2D eigenvalue weighted by Crippen LogP contribution is 2.35. The molecule has 4 heteroatoms. The zero-order valence-electron chi connectivity index (χ0n) is 22.1. The Morgan fingerprint density at radius 3 is 2.03 bits per heavy atom. The van der Waals surface area contributed by atoms with E-state index in [1.165, 1.54) is 11.1 Å². The van der Waals surface area contributed by atoms with Crippen LogP contribution in [-0.4, -0.2) is 42.0 Å². The number of hydrogen-bond donors (Lipinski definition) is 1. The zero-order valence-corrected chi connectivity index (χ0v) is 22.1. The lowest BCUT2D eigenvalue weighted by Gasteiger charge is -2.31. The summed E-state index contributed by atoms with van der Waals surface area (Å²) in [5.74, 6) is -0.773. The van der Waals surface area contributed by atoms with Gasteiger partial charge < -0.3 is 5.11 Å². The molecule has 38 heavy (non-hydrogen) atoms. The highest BCUT2D eigenvalue weighted by atomic mass is 16.3. The summed E-state index contributed by atoms with van der Waals surface area (Å²) in [6.07, 6.45) is 1.58. The minimum Gasteiger partial charge on any atom is -0.396 e. The van der Waals surface area contributed by atoms with E-state index in [4.69, 9.17) is 9.98 Å². The molecule has 0 aromatic heterocycles. The van der Waals surface area contributed by atoms with Gasteiger partial charge in [-0.15, -0.1) is 0 Å². The van der Waals surface area contributed by atoms with E-state index in [0.29, 0.717) is 24.4 Å². The summed E-state index contributed by atoms with van der Waals surface area (Å²) in [6, 6.07) is 30.8. The van der Waals surface area contributed by atoms with E-state index in [0.717, 1.165) is 40.5 Å². The summed E-state index contributed by atoms with van der Waals surface area (Å²) >= 11 is 0. The number of aliphatic hydroxyl groups is 1. The maximum absolute atomic E-state index is 14.0. The number of benzene rings is 4. The second kappa shape index (κ2) is 11.7. The van der Waals surface area contributed by atoms with Crippen molar-refractivity contribution in [2.45, 2.75) is 26.7 Å². The fourth-order valence-corrected chi connectivity index (χ4v) is 5.40. The molecule has 192 valence electrons. The smallest absolute Gasteiger partial charge is 0.173 e. The quantitative estimate of drug-likeness (QED) is 0.307. The standard InChI is InChI=1S/C34H34N2O2/c1-23-10-9-15-28-27(23)16-17-29-31(28)33(36-21-19-26-13-7-4-8-14-26)32(30(34(29)38)24(2)22-37)35-20-18-25-11-5-3-6-12-25/h3-17,24,30,37H,18-22H2,1-2H3. The molecule has 0 radical (unpaired) electrons. The lowest BCUT2D eigenvalue weighted by molar-refractivity contribution is 0.0894. The van der Waals surface area contributed by atoms with Gasteiger partial charge in [0.2, 0.25) is 0 Å². The van der Waals surface area contributed by atoms with Gasteiger partial charge in [0.25, 0.3) is 0 Å². The Bertz CT molecular complexity index is 1490. The first-order chi connectivity index (χ1) is 18.6. The van der Waals surface area contributed by atoms with Crippen molar-refractivity contribution < 1.29 is 9.90 Å². The molecule has 4 aromatic carbocycles. The summed E-state index contributed by atoms with van der Waals surface area (Å²) in [7, 11) is 0. The number of carbonyl (C=O) groups excluding carboxylic acids is 1. The maximum atomic E-state index is 14.0. The average molecular weight is 503 g/mol. The molecular weight excluding hydrogens is 468 g/mol. The first-order valence-corrected chi connectivity index (χ1v) is 13.4. The Kier molecular flexibility index (Phi) is 7.90. The summed E-state index contributed by atoms with van der Waals surface area (Å²) in [6.45, 7) is 5.07. The van der Waals surface area contributed by atoms with Gasteiger partial charge in [0.05, 0.1) is 17.3 Å².